The van der Waals surface area contributed by atoms with Crippen LogP contribution in [0.2, 0.25) is 25.7 Å². The fraction of sp³-hybridized carbons (Fsp3) is 0.432. The molecule has 0 aromatic heterocycles. The average molecular weight is 671 g/mol. The highest BCUT2D eigenvalue weighted by molar-refractivity contribution is 6.76. The third kappa shape index (κ3) is 5.72. The van der Waals surface area contributed by atoms with Gasteiger partial charge in [0.2, 0.25) is 0 Å². The molecule has 3 aromatic rings. The second kappa shape index (κ2) is 12.0. The Kier molecular flexibility index (Phi) is 8.02. The summed E-state index contributed by atoms with van der Waals surface area (Å²) in [5.74, 6) is 0.0648. The number of methoxy groups -OCH3 is 1. The summed E-state index contributed by atoms with van der Waals surface area (Å²) in [6, 6.07) is 18.9. The van der Waals surface area contributed by atoms with Crippen molar-refractivity contribution < 1.29 is 38.4 Å². The minimum Gasteiger partial charge on any atom is -0.497 e. The molecule has 2 bridgehead atoms. The summed E-state index contributed by atoms with van der Waals surface area (Å²) in [6.07, 6.45) is 2.11. The van der Waals surface area contributed by atoms with Gasteiger partial charge in [-0.1, -0.05) is 56.0 Å². The highest BCUT2D eigenvalue weighted by Gasteiger charge is 2.72. The number of carbonyl (C=O) groups excluding carboxylic acids is 2. The summed E-state index contributed by atoms with van der Waals surface area (Å²) in [5, 5.41) is 9.63. The topological polar surface area (TPSA) is 115 Å². The Hall–Kier alpha value is -4.35. The van der Waals surface area contributed by atoms with Crippen molar-refractivity contribution >= 4 is 37.2 Å². The summed E-state index contributed by atoms with van der Waals surface area (Å²) < 4.78 is 24.4. The molecule has 1 unspecified atom stereocenters. The van der Waals surface area contributed by atoms with E-state index in [2.05, 4.69) is 19.6 Å². The van der Waals surface area contributed by atoms with Gasteiger partial charge in [-0.2, -0.15) is 0 Å². The van der Waals surface area contributed by atoms with Crippen LogP contribution in [-0.2, 0) is 27.4 Å². The van der Waals surface area contributed by atoms with E-state index in [1.165, 1.54) is 0 Å². The standard InChI is InChI=1S/C37H42N2O8Si/c1-44-26-11-10-25-14-30-34(41)38(23-45-12-13-48(2,3)4)29-17-32(47-22-36-19-37(20-36,21-36)35(42)43)31(46-18-24-8-6-5-7-9-24)16-27(29)33(40)39(30)28(25)15-26/h5-11,15-17,30H,12-14,18-23H2,1-4H3,(H,42,43). The van der Waals surface area contributed by atoms with Crippen LogP contribution < -0.4 is 24.0 Å². The molecule has 3 aliphatic carbocycles. The molecule has 0 radical (unpaired) electrons. The number of amides is 2. The average Bonchev–Trinajstić information content (AvgIpc) is 3.37. The number of ether oxygens (including phenoxy) is 4. The zero-order valence-corrected chi connectivity index (χ0v) is 28.9. The van der Waals surface area contributed by atoms with Crippen LogP contribution in [0.5, 0.6) is 17.2 Å². The molecule has 252 valence electrons. The predicted molar refractivity (Wildman–Crippen MR) is 183 cm³/mol. The van der Waals surface area contributed by atoms with Gasteiger partial charge >= 0.3 is 5.97 Å². The lowest BCUT2D eigenvalue weighted by Crippen LogP contribution is -2.67. The fourth-order valence-corrected chi connectivity index (χ4v) is 8.35. The van der Waals surface area contributed by atoms with E-state index in [1.54, 1.807) is 35.1 Å². The molecular weight excluding hydrogens is 628 g/mol. The number of carbonyl (C=O) groups is 3. The number of rotatable bonds is 13. The monoisotopic (exact) mass is 670 g/mol. The molecule has 10 nitrogen and oxygen atoms in total. The van der Waals surface area contributed by atoms with E-state index in [1.807, 2.05) is 42.5 Å². The smallest absolute Gasteiger partial charge is 0.309 e. The molecule has 5 aliphatic rings. The van der Waals surface area contributed by atoms with Gasteiger partial charge in [0, 0.05) is 38.6 Å². The van der Waals surface area contributed by atoms with Gasteiger partial charge in [0.15, 0.2) is 11.5 Å². The minimum atomic E-state index is -1.39. The Bertz CT molecular complexity index is 1750. The maximum atomic E-state index is 14.6. The summed E-state index contributed by atoms with van der Waals surface area (Å²) in [7, 11) is 0.182. The minimum absolute atomic E-state index is 0.0116. The van der Waals surface area contributed by atoms with Gasteiger partial charge in [0.05, 0.1) is 36.1 Å². The van der Waals surface area contributed by atoms with Gasteiger partial charge in [-0.25, -0.2) is 0 Å². The quantitative estimate of drug-likeness (QED) is 0.171. The molecule has 0 spiro atoms. The zero-order chi connectivity index (χ0) is 33.8. The molecule has 48 heavy (non-hydrogen) atoms. The van der Waals surface area contributed by atoms with Crippen LogP contribution in [-0.4, -0.2) is 64.1 Å². The largest absolute Gasteiger partial charge is 0.497 e. The van der Waals surface area contributed by atoms with Gasteiger partial charge in [-0.05, 0) is 48.6 Å². The molecule has 3 saturated carbocycles. The second-order valence-corrected chi connectivity index (χ2v) is 20.6. The van der Waals surface area contributed by atoms with Crippen LogP contribution in [0.1, 0.15) is 40.7 Å². The van der Waals surface area contributed by atoms with E-state index in [0.29, 0.717) is 73.1 Å². The number of carboxylic acids is 1. The molecule has 8 rings (SSSR count). The zero-order valence-electron chi connectivity index (χ0n) is 27.9. The second-order valence-electron chi connectivity index (χ2n) is 15.0. The van der Waals surface area contributed by atoms with E-state index in [0.717, 1.165) is 17.2 Å². The van der Waals surface area contributed by atoms with Crippen LogP contribution >= 0.6 is 0 Å². The van der Waals surface area contributed by atoms with Crippen LogP contribution in [0.4, 0.5) is 11.4 Å². The van der Waals surface area contributed by atoms with E-state index < -0.39 is 25.5 Å². The molecule has 3 fully saturated rings. The Morgan fingerprint density at radius 3 is 2.38 bits per heavy atom. The molecule has 2 amide bonds. The molecule has 1 atom stereocenters. The lowest BCUT2D eigenvalue weighted by molar-refractivity contribution is -0.231. The number of hydrogen-bond donors (Lipinski definition) is 1. The molecule has 1 N–H and O–H groups in total. The molecule has 0 saturated heterocycles. The van der Waals surface area contributed by atoms with Crippen LogP contribution in [0.25, 0.3) is 0 Å². The van der Waals surface area contributed by atoms with Gasteiger partial charge in [0.1, 0.15) is 25.1 Å². The Morgan fingerprint density at radius 2 is 1.69 bits per heavy atom. The lowest BCUT2D eigenvalue weighted by atomic mass is 9.35. The Morgan fingerprint density at radius 1 is 0.958 bits per heavy atom. The summed E-state index contributed by atoms with van der Waals surface area (Å²) in [5.41, 5.74) is 2.37. The molecule has 2 aliphatic heterocycles. The van der Waals surface area contributed by atoms with Gasteiger partial charge < -0.3 is 24.1 Å². The molecular formula is C37H42N2O8Si. The van der Waals surface area contributed by atoms with Crippen LogP contribution in [0, 0.1) is 10.8 Å². The van der Waals surface area contributed by atoms with Gasteiger partial charge in [-0.15, -0.1) is 0 Å². The number of hydrogen-bond acceptors (Lipinski definition) is 7. The van der Waals surface area contributed by atoms with Crippen LogP contribution in [0.15, 0.2) is 60.7 Å². The van der Waals surface area contributed by atoms with E-state index in [9.17, 15) is 19.5 Å². The van der Waals surface area contributed by atoms with Crippen molar-refractivity contribution in [1.29, 1.82) is 0 Å². The van der Waals surface area contributed by atoms with Crippen molar-refractivity contribution in [3.8, 4) is 17.2 Å². The maximum absolute atomic E-state index is 14.6. The first-order valence-corrected chi connectivity index (χ1v) is 20.2. The first-order valence-electron chi connectivity index (χ1n) is 16.5. The molecule has 3 aromatic carbocycles. The van der Waals surface area contributed by atoms with Crippen molar-refractivity contribution in [2.45, 2.75) is 64.0 Å². The number of fused-ring (bicyclic) bond motifs is 4. The van der Waals surface area contributed by atoms with Crippen molar-refractivity contribution in [3.05, 3.63) is 77.4 Å². The summed E-state index contributed by atoms with van der Waals surface area (Å²) >= 11 is 0. The fourth-order valence-electron chi connectivity index (χ4n) is 7.59. The van der Waals surface area contributed by atoms with Crippen molar-refractivity contribution in [2.75, 3.05) is 36.9 Å². The number of carboxylic acid groups (broad SMARTS) is 1. The van der Waals surface area contributed by atoms with E-state index >= 15 is 0 Å². The normalized spacial score (nSPS) is 23.7. The third-order valence-electron chi connectivity index (χ3n) is 10.2. The van der Waals surface area contributed by atoms with Crippen molar-refractivity contribution in [3.63, 3.8) is 0 Å². The maximum Gasteiger partial charge on any atom is 0.309 e. The highest BCUT2D eigenvalue weighted by Crippen LogP contribution is 2.73. The number of anilines is 2. The van der Waals surface area contributed by atoms with Gasteiger partial charge in [-0.3, -0.25) is 24.2 Å². The van der Waals surface area contributed by atoms with E-state index in [-0.39, 0.29) is 30.6 Å². The summed E-state index contributed by atoms with van der Waals surface area (Å²) in [6.45, 7) is 7.87. The Balaban J connectivity index is 1.26. The highest BCUT2D eigenvalue weighted by atomic mass is 28.3. The van der Waals surface area contributed by atoms with Crippen molar-refractivity contribution in [1.82, 2.24) is 0 Å². The Labute approximate surface area is 281 Å². The summed E-state index contributed by atoms with van der Waals surface area (Å²) in [4.78, 5) is 43.9. The number of aliphatic carboxylic acids is 1. The first-order chi connectivity index (χ1) is 22.9. The number of benzene rings is 3. The van der Waals surface area contributed by atoms with Gasteiger partial charge in [0.25, 0.3) is 11.8 Å². The van der Waals surface area contributed by atoms with E-state index in [4.69, 9.17) is 18.9 Å². The predicted octanol–water partition coefficient (Wildman–Crippen LogP) is 6.14. The first kappa shape index (κ1) is 32.2. The molecule has 2 heterocycles. The van der Waals surface area contributed by atoms with Crippen molar-refractivity contribution in [2.24, 2.45) is 10.8 Å². The third-order valence-corrected chi connectivity index (χ3v) is 11.9. The SMILES string of the molecule is COc1ccc2c(c1)N1C(=O)c3cc(OCc4ccccc4)c(OCC45CC(C(=O)O)(C4)C5)cc3N(COCC[Si](C)(C)C)C(=O)C1C2. The van der Waals surface area contributed by atoms with Crippen LogP contribution in [0.3, 0.4) is 0 Å². The molecule has 11 heteroatoms. The number of nitrogens with zero attached hydrogens (tertiary/aromatic N) is 2. The lowest BCUT2D eigenvalue weighted by Gasteiger charge is -2.67.